The maximum atomic E-state index is 12.9. The van der Waals surface area contributed by atoms with Crippen LogP contribution < -0.4 is 15.8 Å². The van der Waals surface area contributed by atoms with Crippen LogP contribution in [-0.2, 0) is 11.9 Å². The molecule has 0 aliphatic rings. The molecule has 0 aliphatic heterocycles. The number of aromatic nitrogens is 2. The van der Waals surface area contributed by atoms with Gasteiger partial charge in [0, 0.05) is 25.2 Å². The Morgan fingerprint density at radius 2 is 1.92 bits per heavy atom. The van der Waals surface area contributed by atoms with Crippen molar-refractivity contribution in [1.29, 1.82) is 0 Å². The molecule has 0 radical (unpaired) electrons. The maximum Gasteiger partial charge on any atom is 0.400 e. The molecule has 3 aromatic rings. The minimum atomic E-state index is -3.71. The second-order valence-electron chi connectivity index (χ2n) is 5.20. The van der Waals surface area contributed by atoms with E-state index in [1.54, 1.807) is 36.2 Å². The van der Waals surface area contributed by atoms with Crippen LogP contribution in [0.4, 0.5) is 14.5 Å². The van der Waals surface area contributed by atoms with E-state index in [-0.39, 0.29) is 5.82 Å². The molecule has 0 saturated heterocycles. The Balaban J connectivity index is 1.74. The number of alkyl halides is 3. The van der Waals surface area contributed by atoms with Crippen molar-refractivity contribution >= 4 is 17.3 Å². The molecule has 9 heteroatoms. The van der Waals surface area contributed by atoms with Crippen molar-refractivity contribution in [2.75, 3.05) is 11.9 Å². The molecule has 0 aliphatic carbocycles. The summed E-state index contributed by atoms with van der Waals surface area (Å²) in [5, 5.41) is -0.254. The van der Waals surface area contributed by atoms with E-state index >= 15 is 0 Å². The number of halogens is 3. The monoisotopic (exact) mass is 353 g/mol. The zero-order valence-corrected chi connectivity index (χ0v) is 13.1. The van der Waals surface area contributed by atoms with Crippen LogP contribution >= 0.6 is 11.6 Å². The topological polar surface area (TPSA) is 76.3 Å². The van der Waals surface area contributed by atoms with Gasteiger partial charge in [0.25, 0.3) is 0 Å². The number of hydrogen-bond acceptors (Lipinski definition) is 6. The highest BCUT2D eigenvalue weighted by atomic mass is 35.5. The molecule has 124 valence electrons. The van der Waals surface area contributed by atoms with Crippen molar-refractivity contribution in [3.63, 3.8) is 0 Å². The van der Waals surface area contributed by atoms with Crippen LogP contribution in [0.25, 0.3) is 11.4 Å². The molecule has 0 atom stereocenters. The van der Waals surface area contributed by atoms with Crippen molar-refractivity contribution in [3.05, 3.63) is 62.2 Å². The van der Waals surface area contributed by atoms with Crippen LogP contribution in [0, 0.1) is 0 Å². The first-order valence-corrected chi connectivity index (χ1v) is 7.15. The molecule has 1 aromatic heterocycles. The summed E-state index contributed by atoms with van der Waals surface area (Å²) in [5.41, 5.74) is 0.676. The van der Waals surface area contributed by atoms with Gasteiger partial charge in [0.15, 0.2) is 0 Å². The maximum absolute atomic E-state index is 12.9. The number of hydrogen-bond donors (Lipinski definition) is 0. The zero-order valence-electron chi connectivity index (χ0n) is 12.3. The molecule has 0 bridgehead atoms. The largest absolute Gasteiger partial charge is 0.400 e. The third-order valence-corrected chi connectivity index (χ3v) is 3.60. The van der Waals surface area contributed by atoms with Gasteiger partial charge in [-0.2, -0.15) is 13.8 Å². The van der Waals surface area contributed by atoms with Crippen molar-refractivity contribution < 1.29 is 13.3 Å². The molecule has 0 unspecified atom stereocenters. The first kappa shape index (κ1) is 16.3. The first-order chi connectivity index (χ1) is 11.3. The number of nitrogens with zero attached hydrogens (tertiary/aromatic N) is 3. The Morgan fingerprint density at radius 1 is 1.25 bits per heavy atom. The fourth-order valence-corrected chi connectivity index (χ4v) is 2.24. The van der Waals surface area contributed by atoms with Crippen molar-refractivity contribution in [2.24, 2.45) is 0 Å². The lowest BCUT2D eigenvalue weighted by Gasteiger charge is -2.19. The predicted molar refractivity (Wildman–Crippen MR) is 82.9 cm³/mol. The van der Waals surface area contributed by atoms with Gasteiger partial charge in [-0.3, -0.25) is 9.59 Å². The van der Waals surface area contributed by atoms with Crippen LogP contribution in [0.15, 0.2) is 44.4 Å². The van der Waals surface area contributed by atoms with Gasteiger partial charge in [0.05, 0.1) is 5.69 Å². The average Bonchev–Trinajstić information content (AvgIpc) is 3.03. The Hall–Kier alpha value is -2.61. The Bertz CT molecular complexity index is 940. The summed E-state index contributed by atoms with van der Waals surface area (Å²) in [5.74, 6) is -0.976. The van der Waals surface area contributed by atoms with Crippen LogP contribution in [0.2, 0.25) is 0 Å². The SMILES string of the molecule is CN(Cc1ccc(-c2noc(C(F)(F)Cl)n2)cc1)c1cc(=O)c1=O. The summed E-state index contributed by atoms with van der Waals surface area (Å²) in [4.78, 5) is 27.5. The first-order valence-electron chi connectivity index (χ1n) is 6.77. The molecule has 0 saturated carbocycles. The summed E-state index contributed by atoms with van der Waals surface area (Å²) in [6.45, 7) is 0.405. The van der Waals surface area contributed by atoms with Gasteiger partial charge in [-0.15, -0.1) is 0 Å². The molecular formula is C15H10ClF2N3O3. The summed E-state index contributed by atoms with van der Waals surface area (Å²) >= 11 is 4.82. The molecule has 1 heterocycles. The fourth-order valence-electron chi connectivity index (χ4n) is 2.16. The van der Waals surface area contributed by atoms with Crippen molar-refractivity contribution in [3.8, 4) is 11.4 Å². The Kier molecular flexibility index (Phi) is 3.92. The summed E-state index contributed by atoms with van der Waals surface area (Å²) in [6.07, 6.45) is 0. The molecule has 0 spiro atoms. The third kappa shape index (κ3) is 3.05. The fraction of sp³-hybridized carbons (Fsp3) is 0.200. The molecular weight excluding hydrogens is 344 g/mol. The molecule has 6 nitrogen and oxygen atoms in total. The van der Waals surface area contributed by atoms with E-state index in [0.717, 1.165) is 5.56 Å². The van der Waals surface area contributed by atoms with Gasteiger partial charge in [0.2, 0.25) is 16.7 Å². The van der Waals surface area contributed by atoms with E-state index in [2.05, 4.69) is 14.7 Å². The summed E-state index contributed by atoms with van der Waals surface area (Å²) in [7, 11) is 1.69. The highest BCUT2D eigenvalue weighted by molar-refractivity contribution is 6.21. The van der Waals surface area contributed by atoms with Gasteiger partial charge in [-0.1, -0.05) is 29.4 Å². The average molecular weight is 354 g/mol. The van der Waals surface area contributed by atoms with Crippen LogP contribution in [0.5, 0.6) is 0 Å². The van der Waals surface area contributed by atoms with Gasteiger partial charge < -0.3 is 9.42 Å². The summed E-state index contributed by atoms with van der Waals surface area (Å²) in [6, 6.07) is 8.00. The molecule has 2 aromatic carbocycles. The van der Waals surface area contributed by atoms with E-state index in [9.17, 15) is 18.4 Å². The minimum absolute atomic E-state index is 0.00675. The lowest BCUT2D eigenvalue weighted by molar-refractivity contribution is 0.0551. The lowest BCUT2D eigenvalue weighted by atomic mass is 10.1. The highest BCUT2D eigenvalue weighted by Crippen LogP contribution is 2.32. The standard InChI is InChI=1S/C15H10ClF2N3O3/c1-21(10-6-11(22)12(10)23)7-8-2-4-9(5-3-8)13-19-14(24-20-13)15(16,17)18/h2-6H,7H2,1H3. The lowest BCUT2D eigenvalue weighted by Crippen LogP contribution is -2.37. The number of benzene rings is 1. The van der Waals surface area contributed by atoms with Crippen molar-refractivity contribution in [2.45, 2.75) is 11.9 Å². The minimum Gasteiger partial charge on any atom is -0.367 e. The van der Waals surface area contributed by atoms with Crippen molar-refractivity contribution in [1.82, 2.24) is 10.1 Å². The highest BCUT2D eigenvalue weighted by Gasteiger charge is 2.35. The summed E-state index contributed by atoms with van der Waals surface area (Å²) < 4.78 is 30.2. The normalized spacial score (nSPS) is 11.8. The van der Waals surface area contributed by atoms with Crippen LogP contribution in [-0.4, -0.2) is 17.2 Å². The molecule has 3 rings (SSSR count). The quantitative estimate of drug-likeness (QED) is 0.517. The third-order valence-electron chi connectivity index (χ3n) is 3.44. The van der Waals surface area contributed by atoms with Crippen LogP contribution in [0.3, 0.4) is 0 Å². The molecule has 0 amide bonds. The van der Waals surface area contributed by atoms with Gasteiger partial charge >= 0.3 is 11.3 Å². The second kappa shape index (κ2) is 5.79. The van der Waals surface area contributed by atoms with Gasteiger partial charge in [-0.05, 0) is 17.2 Å². The van der Waals surface area contributed by atoms with E-state index in [0.29, 0.717) is 17.8 Å². The number of rotatable bonds is 5. The Labute approximate surface area is 139 Å². The van der Waals surface area contributed by atoms with Gasteiger partial charge in [-0.25, -0.2) is 0 Å². The van der Waals surface area contributed by atoms with E-state index in [1.807, 2.05) is 0 Å². The van der Waals surface area contributed by atoms with E-state index in [1.165, 1.54) is 6.07 Å². The molecule has 0 fully saturated rings. The number of anilines is 1. The second-order valence-corrected chi connectivity index (χ2v) is 5.67. The van der Waals surface area contributed by atoms with Crippen LogP contribution in [0.1, 0.15) is 11.5 Å². The molecule has 0 N–H and O–H groups in total. The van der Waals surface area contributed by atoms with E-state index < -0.39 is 22.1 Å². The zero-order chi connectivity index (χ0) is 17.5. The molecule has 24 heavy (non-hydrogen) atoms. The Morgan fingerprint density at radius 3 is 2.42 bits per heavy atom. The smallest absolute Gasteiger partial charge is 0.367 e. The van der Waals surface area contributed by atoms with E-state index in [4.69, 9.17) is 11.6 Å². The predicted octanol–water partition coefficient (Wildman–Crippen LogP) is 2.26. The van der Waals surface area contributed by atoms with Gasteiger partial charge in [0.1, 0.15) is 0 Å².